The van der Waals surface area contributed by atoms with Crippen LogP contribution in [-0.4, -0.2) is 35.0 Å². The zero-order valence-electron chi connectivity index (χ0n) is 11.7. The molecule has 0 saturated heterocycles. The van der Waals surface area contributed by atoms with Crippen LogP contribution in [0.1, 0.15) is 44.3 Å². The van der Waals surface area contributed by atoms with Crippen LogP contribution < -0.4 is 10.6 Å². The molecular weight excluding hydrogens is 240 g/mol. The number of imidazole rings is 1. The molecule has 1 aliphatic rings. The maximum absolute atomic E-state index is 12.0. The second-order valence-electron chi connectivity index (χ2n) is 5.40. The summed E-state index contributed by atoms with van der Waals surface area (Å²) >= 11 is 0. The third-order valence-corrected chi connectivity index (χ3v) is 4.08. The Hall–Kier alpha value is -1.36. The fourth-order valence-corrected chi connectivity index (χ4v) is 2.87. The Bertz CT molecular complexity index is 382. The molecule has 5 heteroatoms. The number of amides is 1. The highest BCUT2D eigenvalue weighted by molar-refractivity contribution is 5.77. The first-order valence-electron chi connectivity index (χ1n) is 7.18. The van der Waals surface area contributed by atoms with Crippen molar-refractivity contribution in [3.8, 4) is 0 Å². The van der Waals surface area contributed by atoms with E-state index in [0.29, 0.717) is 13.0 Å². The van der Waals surface area contributed by atoms with Crippen molar-refractivity contribution in [2.75, 3.05) is 13.6 Å². The van der Waals surface area contributed by atoms with Gasteiger partial charge in [-0.15, -0.1) is 0 Å². The van der Waals surface area contributed by atoms with Gasteiger partial charge < -0.3 is 15.6 Å². The maximum Gasteiger partial charge on any atom is 0.221 e. The van der Waals surface area contributed by atoms with Crippen molar-refractivity contribution in [1.29, 1.82) is 0 Å². The molecule has 0 spiro atoms. The Morgan fingerprint density at radius 1 is 1.42 bits per heavy atom. The lowest BCUT2D eigenvalue weighted by Gasteiger charge is -2.36. The van der Waals surface area contributed by atoms with Crippen LogP contribution in [0.4, 0.5) is 0 Å². The van der Waals surface area contributed by atoms with E-state index in [1.54, 1.807) is 12.4 Å². The minimum atomic E-state index is 0.0208. The molecule has 1 heterocycles. The number of hydrogen-bond donors (Lipinski definition) is 3. The van der Waals surface area contributed by atoms with Crippen LogP contribution in [0, 0.1) is 0 Å². The average molecular weight is 264 g/mol. The monoisotopic (exact) mass is 264 g/mol. The van der Waals surface area contributed by atoms with Gasteiger partial charge in [0.15, 0.2) is 0 Å². The van der Waals surface area contributed by atoms with E-state index in [0.717, 1.165) is 25.1 Å². The molecule has 2 rings (SSSR count). The lowest BCUT2D eigenvalue weighted by atomic mass is 9.79. The smallest absolute Gasteiger partial charge is 0.221 e. The SMILES string of the molecule is CNC1(CC(=O)NCCc2ncc[nH]2)CCCCC1. The third-order valence-electron chi connectivity index (χ3n) is 4.08. The van der Waals surface area contributed by atoms with Crippen molar-refractivity contribution in [3.63, 3.8) is 0 Å². The molecule has 0 atom stereocenters. The summed E-state index contributed by atoms with van der Waals surface area (Å²) in [5.41, 5.74) is 0.0208. The van der Waals surface area contributed by atoms with E-state index >= 15 is 0 Å². The molecule has 19 heavy (non-hydrogen) atoms. The number of carbonyl (C=O) groups is 1. The second kappa shape index (κ2) is 6.70. The lowest BCUT2D eigenvalue weighted by Crippen LogP contribution is -2.48. The standard InChI is InChI=1S/C14H24N4O/c1-15-14(6-3-2-4-7-14)11-13(19)18-8-5-12-16-9-10-17-12/h9-10,15H,2-8,11H2,1H3,(H,16,17)(H,18,19). The Labute approximate surface area is 114 Å². The van der Waals surface area contributed by atoms with Crippen LogP contribution in [0.5, 0.6) is 0 Å². The molecule has 0 bridgehead atoms. The zero-order chi connectivity index (χ0) is 13.6. The van der Waals surface area contributed by atoms with E-state index in [1.807, 2.05) is 7.05 Å². The highest BCUT2D eigenvalue weighted by Gasteiger charge is 2.32. The molecular formula is C14H24N4O. The Morgan fingerprint density at radius 2 is 2.21 bits per heavy atom. The molecule has 0 unspecified atom stereocenters. The zero-order valence-corrected chi connectivity index (χ0v) is 11.7. The van der Waals surface area contributed by atoms with Crippen LogP contribution >= 0.6 is 0 Å². The van der Waals surface area contributed by atoms with Gasteiger partial charge in [-0.1, -0.05) is 19.3 Å². The van der Waals surface area contributed by atoms with E-state index in [1.165, 1.54) is 19.3 Å². The summed E-state index contributed by atoms with van der Waals surface area (Å²) in [6, 6.07) is 0. The lowest BCUT2D eigenvalue weighted by molar-refractivity contribution is -0.122. The third kappa shape index (κ3) is 4.06. The molecule has 1 aromatic rings. The summed E-state index contributed by atoms with van der Waals surface area (Å²) in [7, 11) is 1.97. The van der Waals surface area contributed by atoms with Crippen molar-refractivity contribution in [3.05, 3.63) is 18.2 Å². The van der Waals surface area contributed by atoms with E-state index < -0.39 is 0 Å². The number of rotatable bonds is 6. The molecule has 1 amide bonds. The van der Waals surface area contributed by atoms with Crippen LogP contribution in [0.25, 0.3) is 0 Å². The molecule has 1 saturated carbocycles. The molecule has 0 radical (unpaired) electrons. The predicted octanol–water partition coefficient (Wildman–Crippen LogP) is 1.38. The van der Waals surface area contributed by atoms with Gasteiger partial charge in [0.05, 0.1) is 0 Å². The quantitative estimate of drug-likeness (QED) is 0.727. The molecule has 1 fully saturated rings. The van der Waals surface area contributed by atoms with Crippen molar-refractivity contribution >= 4 is 5.91 Å². The fourth-order valence-electron chi connectivity index (χ4n) is 2.87. The van der Waals surface area contributed by atoms with E-state index in [2.05, 4.69) is 20.6 Å². The summed E-state index contributed by atoms with van der Waals surface area (Å²) in [4.78, 5) is 19.2. The van der Waals surface area contributed by atoms with Gasteiger partial charge in [-0.05, 0) is 19.9 Å². The van der Waals surface area contributed by atoms with Gasteiger partial charge >= 0.3 is 0 Å². The first-order valence-corrected chi connectivity index (χ1v) is 7.18. The first kappa shape index (κ1) is 14.1. The first-order chi connectivity index (χ1) is 9.24. The highest BCUT2D eigenvalue weighted by atomic mass is 16.1. The van der Waals surface area contributed by atoms with Crippen LogP contribution in [-0.2, 0) is 11.2 Å². The summed E-state index contributed by atoms with van der Waals surface area (Å²) in [5.74, 6) is 1.06. The number of aromatic amines is 1. The Balaban J connectivity index is 1.73. The van der Waals surface area contributed by atoms with Crippen molar-refractivity contribution in [2.45, 2.75) is 50.5 Å². The van der Waals surface area contributed by atoms with Gasteiger partial charge in [0.25, 0.3) is 0 Å². The van der Waals surface area contributed by atoms with Gasteiger partial charge in [0.2, 0.25) is 5.91 Å². The molecule has 1 aliphatic carbocycles. The number of nitrogens with one attached hydrogen (secondary N) is 3. The van der Waals surface area contributed by atoms with Crippen LogP contribution in [0.3, 0.4) is 0 Å². The summed E-state index contributed by atoms with van der Waals surface area (Å²) in [5, 5.41) is 6.36. The van der Waals surface area contributed by atoms with Gasteiger partial charge in [0, 0.05) is 37.3 Å². The van der Waals surface area contributed by atoms with E-state index in [-0.39, 0.29) is 11.4 Å². The number of nitrogens with zero attached hydrogens (tertiary/aromatic N) is 1. The van der Waals surface area contributed by atoms with Gasteiger partial charge in [-0.3, -0.25) is 4.79 Å². The summed E-state index contributed by atoms with van der Waals surface area (Å²) in [6.07, 6.45) is 10.8. The van der Waals surface area contributed by atoms with Gasteiger partial charge in [0.1, 0.15) is 5.82 Å². The van der Waals surface area contributed by atoms with Crippen LogP contribution in [0.2, 0.25) is 0 Å². The molecule has 0 aliphatic heterocycles. The predicted molar refractivity (Wildman–Crippen MR) is 74.8 cm³/mol. The molecule has 1 aromatic heterocycles. The molecule has 0 aromatic carbocycles. The maximum atomic E-state index is 12.0. The summed E-state index contributed by atoms with van der Waals surface area (Å²) in [6.45, 7) is 0.645. The minimum absolute atomic E-state index is 0.0208. The topological polar surface area (TPSA) is 69.8 Å². The average Bonchev–Trinajstić information content (AvgIpc) is 2.93. The second-order valence-corrected chi connectivity index (χ2v) is 5.40. The summed E-state index contributed by atoms with van der Waals surface area (Å²) < 4.78 is 0. The van der Waals surface area contributed by atoms with Crippen molar-refractivity contribution < 1.29 is 4.79 Å². The fraction of sp³-hybridized carbons (Fsp3) is 0.714. The molecule has 5 nitrogen and oxygen atoms in total. The highest BCUT2D eigenvalue weighted by Crippen LogP contribution is 2.30. The minimum Gasteiger partial charge on any atom is -0.356 e. The number of carbonyl (C=O) groups excluding carboxylic acids is 1. The van der Waals surface area contributed by atoms with Crippen molar-refractivity contribution in [1.82, 2.24) is 20.6 Å². The van der Waals surface area contributed by atoms with E-state index in [4.69, 9.17) is 0 Å². The van der Waals surface area contributed by atoms with Crippen molar-refractivity contribution in [2.24, 2.45) is 0 Å². The van der Waals surface area contributed by atoms with Crippen LogP contribution in [0.15, 0.2) is 12.4 Å². The Morgan fingerprint density at radius 3 is 2.84 bits per heavy atom. The van der Waals surface area contributed by atoms with Gasteiger partial charge in [-0.25, -0.2) is 4.98 Å². The molecule has 3 N–H and O–H groups in total. The van der Waals surface area contributed by atoms with Gasteiger partial charge in [-0.2, -0.15) is 0 Å². The Kier molecular flexibility index (Phi) is 4.96. The normalized spacial score (nSPS) is 18.2. The number of H-pyrrole nitrogens is 1. The number of hydrogen-bond acceptors (Lipinski definition) is 3. The largest absolute Gasteiger partial charge is 0.356 e. The molecule has 106 valence electrons. The number of aromatic nitrogens is 2. The van der Waals surface area contributed by atoms with E-state index in [9.17, 15) is 4.79 Å².